The van der Waals surface area contributed by atoms with Gasteiger partial charge in [-0.1, -0.05) is 41.5 Å². The Labute approximate surface area is 137 Å². The lowest BCUT2D eigenvalue weighted by atomic mass is 10.1. The minimum absolute atomic E-state index is 0.103. The Morgan fingerprint density at radius 3 is 2.00 bits per heavy atom. The van der Waals surface area contributed by atoms with Crippen LogP contribution in [0.4, 0.5) is 0 Å². The van der Waals surface area contributed by atoms with Gasteiger partial charge in [-0.15, -0.1) is 0 Å². The van der Waals surface area contributed by atoms with Crippen molar-refractivity contribution in [1.29, 1.82) is 0 Å². The molecule has 1 heterocycles. The summed E-state index contributed by atoms with van der Waals surface area (Å²) < 4.78 is 5.72. The molecule has 1 fully saturated rings. The van der Waals surface area contributed by atoms with Gasteiger partial charge >= 0.3 is 0 Å². The first-order valence-corrected chi connectivity index (χ1v) is 8.85. The molecule has 0 bridgehead atoms. The lowest BCUT2D eigenvalue weighted by molar-refractivity contribution is -0.124. The monoisotopic (exact) mass is 315 g/mol. The smallest absolute Gasteiger partial charge is 0.143 e. The van der Waals surface area contributed by atoms with Crippen LogP contribution in [0.25, 0.3) is 0 Å². The van der Waals surface area contributed by atoms with Crippen LogP contribution in [-0.4, -0.2) is 48.8 Å². The molecule has 0 unspecified atom stereocenters. The summed E-state index contributed by atoms with van der Waals surface area (Å²) in [6, 6.07) is 0. The van der Waals surface area contributed by atoms with Crippen LogP contribution < -0.4 is 0 Å². The molecule has 0 aromatic heterocycles. The molecule has 132 valence electrons. The van der Waals surface area contributed by atoms with E-state index < -0.39 is 0 Å². The number of hydrogen-bond acceptors (Lipinski definition) is 4. The summed E-state index contributed by atoms with van der Waals surface area (Å²) in [5, 5.41) is 0. The Kier molecular flexibility index (Phi) is 16.2. The molecule has 0 aromatic carbocycles. The number of carbonyl (C=O) groups excluding carboxylic acids is 2. The molecule has 1 aliphatic heterocycles. The summed E-state index contributed by atoms with van der Waals surface area (Å²) in [7, 11) is 0. The number of carbonyl (C=O) groups is 2. The summed E-state index contributed by atoms with van der Waals surface area (Å²) in [4.78, 5) is 24.6. The average Bonchev–Trinajstić information content (AvgIpc) is 2.52. The molecular formula is C18H37NO3. The highest BCUT2D eigenvalue weighted by molar-refractivity contribution is 5.80. The Morgan fingerprint density at radius 1 is 1.09 bits per heavy atom. The topological polar surface area (TPSA) is 46.6 Å². The number of ether oxygens (including phenoxy) is 1. The molecule has 4 heteroatoms. The van der Waals surface area contributed by atoms with Crippen molar-refractivity contribution in [3.63, 3.8) is 0 Å². The van der Waals surface area contributed by atoms with Gasteiger partial charge in [0, 0.05) is 25.4 Å². The molecule has 4 nitrogen and oxygen atoms in total. The molecule has 0 amide bonds. The highest BCUT2D eigenvalue weighted by Gasteiger charge is 2.20. The van der Waals surface area contributed by atoms with Crippen molar-refractivity contribution < 1.29 is 14.3 Å². The number of rotatable bonds is 7. The lowest BCUT2D eigenvalue weighted by Gasteiger charge is -2.31. The standard InChI is InChI=1S/C14H25NO3.2C2H6/c1-11(2)14(17)6-9-18-13-4-7-15(8-5-13)10-12(3)16;2*1-2/h11,13H,4-10H2,1-3H3;2*1-2H3. The maximum atomic E-state index is 11.4. The molecule has 0 radical (unpaired) electrons. The Bertz CT molecular complexity index is 282. The van der Waals surface area contributed by atoms with Gasteiger partial charge in [0.25, 0.3) is 0 Å². The summed E-state index contributed by atoms with van der Waals surface area (Å²) >= 11 is 0. The van der Waals surface area contributed by atoms with Gasteiger partial charge in [0.2, 0.25) is 0 Å². The normalized spacial score (nSPS) is 15.5. The third-order valence-electron chi connectivity index (χ3n) is 3.33. The maximum absolute atomic E-state index is 11.4. The highest BCUT2D eigenvalue weighted by atomic mass is 16.5. The largest absolute Gasteiger partial charge is 0.378 e. The van der Waals surface area contributed by atoms with Crippen molar-refractivity contribution in [3.05, 3.63) is 0 Å². The van der Waals surface area contributed by atoms with Crippen molar-refractivity contribution in [2.24, 2.45) is 5.92 Å². The van der Waals surface area contributed by atoms with Crippen LogP contribution in [0.5, 0.6) is 0 Å². The van der Waals surface area contributed by atoms with Crippen LogP contribution in [0.1, 0.15) is 67.7 Å². The van der Waals surface area contributed by atoms with E-state index in [0.29, 0.717) is 19.6 Å². The Balaban J connectivity index is 0. The van der Waals surface area contributed by atoms with Crippen LogP contribution in [0.3, 0.4) is 0 Å². The van der Waals surface area contributed by atoms with E-state index >= 15 is 0 Å². The highest BCUT2D eigenvalue weighted by Crippen LogP contribution is 2.14. The van der Waals surface area contributed by atoms with Gasteiger partial charge in [-0.3, -0.25) is 14.5 Å². The fourth-order valence-corrected chi connectivity index (χ4v) is 2.16. The van der Waals surface area contributed by atoms with Crippen LogP contribution in [0.2, 0.25) is 0 Å². The predicted molar refractivity (Wildman–Crippen MR) is 93.3 cm³/mol. The zero-order valence-corrected chi connectivity index (χ0v) is 15.8. The fraction of sp³-hybridized carbons (Fsp3) is 0.889. The Morgan fingerprint density at radius 2 is 1.59 bits per heavy atom. The zero-order valence-electron chi connectivity index (χ0n) is 15.8. The van der Waals surface area contributed by atoms with Crippen molar-refractivity contribution in [3.8, 4) is 0 Å². The molecule has 0 atom stereocenters. The maximum Gasteiger partial charge on any atom is 0.143 e. The number of Topliss-reactive ketones (excluding diaryl/α,β-unsaturated/α-hetero) is 2. The van der Waals surface area contributed by atoms with E-state index in [9.17, 15) is 9.59 Å². The average molecular weight is 315 g/mol. The molecule has 0 aromatic rings. The van der Waals surface area contributed by atoms with Gasteiger partial charge in [-0.2, -0.15) is 0 Å². The van der Waals surface area contributed by atoms with E-state index in [4.69, 9.17) is 4.74 Å². The van der Waals surface area contributed by atoms with Crippen molar-refractivity contribution in [2.75, 3.05) is 26.2 Å². The third-order valence-corrected chi connectivity index (χ3v) is 3.33. The van der Waals surface area contributed by atoms with Gasteiger partial charge in [0.1, 0.15) is 11.6 Å². The molecule has 0 saturated carbocycles. The minimum Gasteiger partial charge on any atom is -0.378 e. The fourth-order valence-electron chi connectivity index (χ4n) is 2.16. The summed E-state index contributed by atoms with van der Waals surface area (Å²) in [6.07, 6.45) is 2.70. The lowest BCUT2D eigenvalue weighted by Crippen LogP contribution is -2.39. The first-order chi connectivity index (χ1) is 10.5. The second-order valence-electron chi connectivity index (χ2n) is 5.42. The van der Waals surface area contributed by atoms with E-state index in [0.717, 1.165) is 25.9 Å². The first kappa shape index (κ1) is 23.5. The number of hydrogen-bond donors (Lipinski definition) is 0. The van der Waals surface area contributed by atoms with Gasteiger partial charge < -0.3 is 4.74 Å². The van der Waals surface area contributed by atoms with E-state index in [1.807, 2.05) is 41.5 Å². The molecule has 0 N–H and O–H groups in total. The van der Waals surface area contributed by atoms with Crippen LogP contribution in [0.15, 0.2) is 0 Å². The van der Waals surface area contributed by atoms with Gasteiger partial charge in [-0.05, 0) is 19.8 Å². The molecule has 0 spiro atoms. The number of piperidine rings is 1. The van der Waals surface area contributed by atoms with Crippen LogP contribution in [-0.2, 0) is 14.3 Å². The molecule has 1 saturated heterocycles. The summed E-state index contributed by atoms with van der Waals surface area (Å²) in [5.74, 6) is 0.590. The van der Waals surface area contributed by atoms with E-state index in [1.54, 1.807) is 6.92 Å². The molecule has 22 heavy (non-hydrogen) atoms. The van der Waals surface area contributed by atoms with Gasteiger partial charge in [-0.25, -0.2) is 0 Å². The van der Waals surface area contributed by atoms with Crippen molar-refractivity contribution in [2.45, 2.75) is 73.8 Å². The molecule has 0 aliphatic carbocycles. The van der Waals surface area contributed by atoms with Crippen LogP contribution >= 0.6 is 0 Å². The Hall–Kier alpha value is -0.740. The third kappa shape index (κ3) is 11.9. The minimum atomic E-state index is 0.103. The first-order valence-electron chi connectivity index (χ1n) is 8.85. The second-order valence-corrected chi connectivity index (χ2v) is 5.42. The predicted octanol–water partition coefficient (Wildman–Crippen LogP) is 3.72. The number of nitrogens with zero attached hydrogens (tertiary/aromatic N) is 1. The van der Waals surface area contributed by atoms with Gasteiger partial charge in [0.15, 0.2) is 0 Å². The van der Waals surface area contributed by atoms with Crippen LogP contribution in [0, 0.1) is 5.92 Å². The van der Waals surface area contributed by atoms with Crippen molar-refractivity contribution in [1.82, 2.24) is 4.90 Å². The van der Waals surface area contributed by atoms with Crippen molar-refractivity contribution >= 4 is 11.6 Å². The molecular weight excluding hydrogens is 278 g/mol. The number of ketones is 2. The summed E-state index contributed by atoms with van der Waals surface area (Å²) in [5.41, 5.74) is 0. The quantitative estimate of drug-likeness (QED) is 0.718. The van der Waals surface area contributed by atoms with Gasteiger partial charge in [0.05, 0.1) is 19.3 Å². The second kappa shape index (κ2) is 15.2. The SMILES string of the molecule is CC.CC.CC(=O)CN1CCC(OCCC(=O)C(C)C)CC1. The molecule has 1 aliphatic rings. The van der Waals surface area contributed by atoms with E-state index in [-0.39, 0.29) is 23.6 Å². The number of likely N-dealkylation sites (tertiary alicyclic amines) is 1. The molecule has 1 rings (SSSR count). The van der Waals surface area contributed by atoms with E-state index in [2.05, 4.69) is 4.90 Å². The van der Waals surface area contributed by atoms with E-state index in [1.165, 1.54) is 0 Å². The zero-order chi connectivity index (χ0) is 17.5. The summed E-state index contributed by atoms with van der Waals surface area (Å²) in [6.45, 7) is 16.4.